The van der Waals surface area contributed by atoms with Gasteiger partial charge < -0.3 is 20.4 Å². The summed E-state index contributed by atoms with van der Waals surface area (Å²) in [7, 11) is 0. The average molecular weight is 258 g/mol. The number of aliphatic carboxylic acids is 1. The van der Waals surface area contributed by atoms with Gasteiger partial charge in [0.25, 0.3) is 0 Å². The summed E-state index contributed by atoms with van der Waals surface area (Å²) >= 11 is 0. The second-order valence-electron chi connectivity index (χ2n) is 5.22. The Morgan fingerprint density at radius 2 is 2.00 bits per heavy atom. The highest BCUT2D eigenvalue weighted by Crippen LogP contribution is 2.25. The van der Waals surface area contributed by atoms with Crippen LogP contribution in [0.25, 0.3) is 0 Å². The van der Waals surface area contributed by atoms with Gasteiger partial charge in [-0.15, -0.1) is 0 Å². The minimum atomic E-state index is -1.28. The predicted molar refractivity (Wildman–Crippen MR) is 66.3 cm³/mol. The van der Waals surface area contributed by atoms with Crippen molar-refractivity contribution >= 4 is 12.0 Å². The van der Waals surface area contributed by atoms with E-state index in [9.17, 15) is 9.59 Å². The van der Waals surface area contributed by atoms with Gasteiger partial charge in [-0.25, -0.2) is 9.59 Å². The van der Waals surface area contributed by atoms with Crippen LogP contribution in [0.5, 0.6) is 0 Å². The number of hydrogen-bond donors (Lipinski definition) is 3. The summed E-state index contributed by atoms with van der Waals surface area (Å²) < 4.78 is 0. The van der Waals surface area contributed by atoms with E-state index in [1.165, 1.54) is 13.8 Å². The molecule has 0 spiro atoms. The van der Waals surface area contributed by atoms with E-state index in [4.69, 9.17) is 10.2 Å². The Morgan fingerprint density at radius 3 is 2.39 bits per heavy atom. The number of carbonyl (C=O) groups excluding carboxylic acids is 1. The molecular weight excluding hydrogens is 236 g/mol. The normalized spacial score (nSPS) is 15.9. The summed E-state index contributed by atoms with van der Waals surface area (Å²) in [5.74, 6) is -1.06. The molecule has 1 rings (SSSR count). The molecule has 0 aromatic carbocycles. The molecule has 3 N–H and O–H groups in total. The molecule has 0 saturated heterocycles. The van der Waals surface area contributed by atoms with Crippen LogP contribution in [0.2, 0.25) is 0 Å². The van der Waals surface area contributed by atoms with E-state index >= 15 is 0 Å². The molecule has 6 nitrogen and oxygen atoms in total. The number of nitrogens with zero attached hydrogens (tertiary/aromatic N) is 1. The first-order valence-corrected chi connectivity index (χ1v) is 6.31. The first-order valence-electron chi connectivity index (χ1n) is 6.31. The molecule has 0 aromatic heterocycles. The molecule has 0 radical (unpaired) electrons. The third kappa shape index (κ3) is 3.60. The molecule has 1 aliphatic carbocycles. The fraction of sp³-hybridized carbons (Fsp3) is 0.833. The first kappa shape index (κ1) is 14.8. The average Bonchev–Trinajstić information content (AvgIpc) is 2.20. The van der Waals surface area contributed by atoms with Crippen molar-refractivity contribution in [1.82, 2.24) is 10.2 Å². The van der Waals surface area contributed by atoms with Crippen molar-refractivity contribution in [3.05, 3.63) is 0 Å². The minimum absolute atomic E-state index is 0.0266. The number of rotatable bonds is 6. The summed E-state index contributed by atoms with van der Waals surface area (Å²) in [6.45, 7) is 3.40. The number of hydrogen-bond acceptors (Lipinski definition) is 3. The Morgan fingerprint density at radius 1 is 1.39 bits per heavy atom. The van der Waals surface area contributed by atoms with Gasteiger partial charge in [0.15, 0.2) is 0 Å². The lowest BCUT2D eigenvalue weighted by Gasteiger charge is -2.39. The maximum atomic E-state index is 12.1. The van der Waals surface area contributed by atoms with Crippen LogP contribution >= 0.6 is 0 Å². The maximum Gasteiger partial charge on any atom is 0.328 e. The molecule has 1 fully saturated rings. The van der Waals surface area contributed by atoms with Crippen LogP contribution in [0.1, 0.15) is 39.5 Å². The van der Waals surface area contributed by atoms with Gasteiger partial charge in [-0.05, 0) is 39.5 Å². The standard InChI is InChI=1S/C12H22N2O4/c1-12(2,10(16)17)13-11(18)14(7-4-8-15)9-5-3-6-9/h9,15H,3-8H2,1-2H3,(H,13,18)(H,16,17). The van der Waals surface area contributed by atoms with Gasteiger partial charge >= 0.3 is 12.0 Å². The summed E-state index contributed by atoms with van der Waals surface area (Å²) in [5, 5.41) is 20.3. The highest BCUT2D eigenvalue weighted by atomic mass is 16.4. The largest absolute Gasteiger partial charge is 0.480 e. The molecule has 0 unspecified atom stereocenters. The zero-order chi connectivity index (χ0) is 13.8. The quantitative estimate of drug-likeness (QED) is 0.657. The van der Waals surface area contributed by atoms with E-state index < -0.39 is 11.5 Å². The highest BCUT2D eigenvalue weighted by Gasteiger charge is 2.34. The van der Waals surface area contributed by atoms with Crippen LogP contribution in [0.15, 0.2) is 0 Å². The molecule has 0 bridgehead atoms. The van der Waals surface area contributed by atoms with E-state index in [1.54, 1.807) is 4.90 Å². The summed E-state index contributed by atoms with van der Waals surface area (Å²) in [6.07, 6.45) is 3.51. The van der Waals surface area contributed by atoms with Crippen molar-refractivity contribution in [2.75, 3.05) is 13.2 Å². The van der Waals surface area contributed by atoms with Crippen molar-refractivity contribution in [2.24, 2.45) is 0 Å². The van der Waals surface area contributed by atoms with Gasteiger partial charge in [-0.1, -0.05) is 0 Å². The Labute approximate surface area is 107 Å². The van der Waals surface area contributed by atoms with Crippen molar-refractivity contribution in [1.29, 1.82) is 0 Å². The second kappa shape index (κ2) is 6.04. The van der Waals surface area contributed by atoms with Crippen LogP contribution in [0, 0.1) is 0 Å². The number of carbonyl (C=O) groups is 2. The second-order valence-corrected chi connectivity index (χ2v) is 5.22. The number of amides is 2. The molecule has 0 heterocycles. The van der Waals surface area contributed by atoms with E-state index in [1.807, 2.05) is 0 Å². The number of carboxylic acids is 1. The van der Waals surface area contributed by atoms with Crippen LogP contribution in [-0.4, -0.2) is 51.8 Å². The van der Waals surface area contributed by atoms with Crippen molar-refractivity contribution in [2.45, 2.75) is 51.1 Å². The number of carboxylic acid groups (broad SMARTS) is 1. The third-order valence-electron chi connectivity index (χ3n) is 3.29. The molecule has 6 heteroatoms. The van der Waals surface area contributed by atoms with Crippen LogP contribution in [0.3, 0.4) is 0 Å². The molecule has 0 atom stereocenters. The SMILES string of the molecule is CC(C)(NC(=O)N(CCCO)C1CCC1)C(=O)O. The van der Waals surface area contributed by atoms with Gasteiger partial charge in [0, 0.05) is 19.2 Å². The Hall–Kier alpha value is -1.30. The number of urea groups is 1. The fourth-order valence-electron chi connectivity index (χ4n) is 1.78. The molecule has 0 aliphatic heterocycles. The molecule has 1 aliphatic rings. The highest BCUT2D eigenvalue weighted by molar-refractivity contribution is 5.85. The minimum Gasteiger partial charge on any atom is -0.480 e. The Kier molecular flexibility index (Phi) is 4.95. The Balaban J connectivity index is 2.61. The summed E-state index contributed by atoms with van der Waals surface area (Å²) in [6, 6.07) is -0.179. The van der Waals surface area contributed by atoms with E-state index in [0.29, 0.717) is 13.0 Å². The summed E-state index contributed by atoms with van der Waals surface area (Å²) in [5.41, 5.74) is -1.28. The molecule has 0 aromatic rings. The zero-order valence-corrected chi connectivity index (χ0v) is 11.0. The predicted octanol–water partition coefficient (Wildman–Crippen LogP) is 0.796. The maximum absolute atomic E-state index is 12.1. The molecule has 18 heavy (non-hydrogen) atoms. The van der Waals surface area contributed by atoms with Gasteiger partial charge in [0.2, 0.25) is 0 Å². The lowest BCUT2D eigenvalue weighted by molar-refractivity contribution is -0.143. The van der Waals surface area contributed by atoms with Crippen molar-refractivity contribution in [3.63, 3.8) is 0 Å². The van der Waals surface area contributed by atoms with Crippen LogP contribution < -0.4 is 5.32 Å². The third-order valence-corrected chi connectivity index (χ3v) is 3.29. The van der Waals surface area contributed by atoms with E-state index in [0.717, 1.165) is 19.3 Å². The topological polar surface area (TPSA) is 89.9 Å². The fourth-order valence-corrected chi connectivity index (χ4v) is 1.78. The van der Waals surface area contributed by atoms with Crippen LogP contribution in [0.4, 0.5) is 4.79 Å². The summed E-state index contributed by atoms with van der Waals surface area (Å²) in [4.78, 5) is 24.7. The molecular formula is C12H22N2O4. The smallest absolute Gasteiger partial charge is 0.328 e. The molecule has 2 amide bonds. The lowest BCUT2D eigenvalue weighted by atomic mass is 9.91. The number of nitrogens with one attached hydrogen (secondary N) is 1. The van der Waals surface area contributed by atoms with Gasteiger partial charge in [0.05, 0.1) is 0 Å². The van der Waals surface area contributed by atoms with E-state index in [2.05, 4.69) is 5.32 Å². The molecule has 104 valence electrons. The van der Waals surface area contributed by atoms with Gasteiger partial charge in [-0.2, -0.15) is 0 Å². The van der Waals surface area contributed by atoms with Crippen LogP contribution in [-0.2, 0) is 4.79 Å². The lowest BCUT2D eigenvalue weighted by Crippen LogP contribution is -2.57. The number of aliphatic hydroxyl groups excluding tert-OH is 1. The molecule has 1 saturated carbocycles. The van der Waals surface area contributed by atoms with E-state index in [-0.39, 0.29) is 18.7 Å². The first-order chi connectivity index (χ1) is 8.38. The van der Waals surface area contributed by atoms with Crippen molar-refractivity contribution < 1.29 is 19.8 Å². The van der Waals surface area contributed by atoms with Gasteiger partial charge in [-0.3, -0.25) is 0 Å². The number of aliphatic hydroxyl groups is 1. The Bertz CT molecular complexity index is 313. The zero-order valence-electron chi connectivity index (χ0n) is 11.0. The van der Waals surface area contributed by atoms with Gasteiger partial charge in [0.1, 0.15) is 5.54 Å². The monoisotopic (exact) mass is 258 g/mol. The van der Waals surface area contributed by atoms with Crippen molar-refractivity contribution in [3.8, 4) is 0 Å².